The number of benzene rings is 3. The van der Waals surface area contributed by atoms with E-state index in [0.29, 0.717) is 5.56 Å². The van der Waals surface area contributed by atoms with Gasteiger partial charge >= 0.3 is 0 Å². The fraction of sp³-hybridized carbons (Fsp3) is 0.324. The number of methoxy groups -OCH3 is 2. The van der Waals surface area contributed by atoms with Crippen LogP contribution >= 0.6 is 0 Å². The molecule has 3 aromatic carbocycles. The van der Waals surface area contributed by atoms with E-state index in [4.69, 9.17) is 18.9 Å². The summed E-state index contributed by atoms with van der Waals surface area (Å²) in [6, 6.07) is 25.5. The lowest BCUT2D eigenvalue weighted by Crippen LogP contribution is -2.38. The highest BCUT2D eigenvalue weighted by Crippen LogP contribution is 2.43. The van der Waals surface area contributed by atoms with Crippen LogP contribution in [0.2, 0.25) is 0 Å². The highest BCUT2D eigenvalue weighted by Gasteiger charge is 2.42. The molecular formula is C34H38N4O6. The fourth-order valence-corrected chi connectivity index (χ4v) is 5.35. The molecule has 0 spiro atoms. The molecule has 0 aliphatic carbocycles. The van der Waals surface area contributed by atoms with Gasteiger partial charge in [-0.15, -0.1) is 0 Å². The maximum Gasteiger partial charge on any atom is 0.277 e. The van der Waals surface area contributed by atoms with Gasteiger partial charge in [0.05, 0.1) is 33.3 Å². The van der Waals surface area contributed by atoms with E-state index >= 15 is 0 Å². The van der Waals surface area contributed by atoms with Crippen molar-refractivity contribution in [2.45, 2.75) is 37.4 Å². The topological polar surface area (TPSA) is 108 Å². The van der Waals surface area contributed by atoms with E-state index in [1.165, 1.54) is 0 Å². The van der Waals surface area contributed by atoms with Gasteiger partial charge in [-0.25, -0.2) is 4.99 Å². The van der Waals surface area contributed by atoms with Gasteiger partial charge in [0.1, 0.15) is 29.4 Å². The summed E-state index contributed by atoms with van der Waals surface area (Å²) in [5.41, 5.74) is 1.68. The van der Waals surface area contributed by atoms with Gasteiger partial charge in [0.25, 0.3) is 5.56 Å². The Morgan fingerprint density at radius 3 is 2.09 bits per heavy atom. The quantitative estimate of drug-likeness (QED) is 0.153. The number of hydrogen-bond donors (Lipinski definition) is 1. The van der Waals surface area contributed by atoms with Crippen molar-refractivity contribution in [1.29, 1.82) is 0 Å². The van der Waals surface area contributed by atoms with Gasteiger partial charge in [0.15, 0.2) is 0 Å². The van der Waals surface area contributed by atoms with E-state index in [1.54, 1.807) is 43.1 Å². The first kappa shape index (κ1) is 30.9. The molecule has 0 amide bonds. The molecule has 4 aromatic rings. The average molecular weight is 599 g/mol. The summed E-state index contributed by atoms with van der Waals surface area (Å²) in [7, 11) is 6.92. The number of aliphatic imine (C=N–C) groups is 1. The number of ether oxygens (including phenoxy) is 4. The zero-order valence-electron chi connectivity index (χ0n) is 25.6. The molecule has 44 heavy (non-hydrogen) atoms. The van der Waals surface area contributed by atoms with Crippen molar-refractivity contribution in [3.05, 3.63) is 118 Å². The van der Waals surface area contributed by atoms with E-state index in [0.717, 1.165) is 28.2 Å². The summed E-state index contributed by atoms with van der Waals surface area (Å²) in [6.45, 7) is 1.75. The van der Waals surface area contributed by atoms with Crippen LogP contribution in [0.3, 0.4) is 0 Å². The summed E-state index contributed by atoms with van der Waals surface area (Å²) in [5.74, 6) is 1.64. The van der Waals surface area contributed by atoms with Gasteiger partial charge in [-0.1, -0.05) is 54.6 Å². The highest BCUT2D eigenvalue weighted by atomic mass is 16.6. The number of aryl methyl sites for hydroxylation is 1. The van der Waals surface area contributed by atoms with Crippen LogP contribution in [0.5, 0.6) is 11.5 Å². The van der Waals surface area contributed by atoms with Crippen LogP contribution in [0.4, 0.5) is 5.95 Å². The zero-order valence-corrected chi connectivity index (χ0v) is 25.6. The molecule has 10 nitrogen and oxygen atoms in total. The monoisotopic (exact) mass is 598 g/mol. The number of nitrogens with zero attached hydrogens (tertiary/aromatic N) is 4. The van der Waals surface area contributed by atoms with Crippen molar-refractivity contribution in [3.8, 4) is 11.5 Å². The molecule has 0 saturated carbocycles. The van der Waals surface area contributed by atoms with Crippen LogP contribution in [-0.2, 0) is 15.1 Å². The smallest absolute Gasteiger partial charge is 0.277 e. The summed E-state index contributed by atoms with van der Waals surface area (Å²) < 4.78 is 25.9. The molecule has 0 unspecified atom stereocenters. The number of hydrogen-bond acceptors (Lipinski definition) is 8. The summed E-state index contributed by atoms with van der Waals surface area (Å²) in [6.07, 6.45) is 1.38. The zero-order chi connectivity index (χ0) is 31.3. The van der Waals surface area contributed by atoms with Gasteiger partial charge in [-0.05, 0) is 47.9 Å². The molecule has 2 heterocycles. The molecule has 10 heteroatoms. The molecular weight excluding hydrogens is 560 g/mol. The van der Waals surface area contributed by atoms with E-state index in [2.05, 4.69) is 9.98 Å². The predicted molar refractivity (Wildman–Crippen MR) is 168 cm³/mol. The standard InChI is InChI=1S/C34H38N4O6/c1-23-20-38(33(36-32(23)40)35-22-37(2)3)31-19-29(39)30(44-31)21-43-34(24-9-7-6-8-10-24,25-11-15-27(41-4)16-12-25)26-13-17-28(42-5)18-14-26/h6-18,20,22,29-31,39H,19,21H2,1-5H3/b35-22+/t29-,30+,31+/m0/s1. The largest absolute Gasteiger partial charge is 0.497 e. The summed E-state index contributed by atoms with van der Waals surface area (Å²) in [5, 5.41) is 11.2. The Morgan fingerprint density at radius 1 is 0.977 bits per heavy atom. The van der Waals surface area contributed by atoms with Gasteiger partial charge in [-0.3, -0.25) is 9.36 Å². The molecule has 3 atom stereocenters. The van der Waals surface area contributed by atoms with Crippen LogP contribution in [0, 0.1) is 6.92 Å². The van der Waals surface area contributed by atoms with Crippen molar-refractivity contribution < 1.29 is 24.1 Å². The molecule has 1 aromatic heterocycles. The molecule has 0 radical (unpaired) electrons. The number of rotatable bonds is 11. The minimum Gasteiger partial charge on any atom is -0.497 e. The lowest BCUT2D eigenvalue weighted by molar-refractivity contribution is -0.0935. The third kappa shape index (κ3) is 6.37. The van der Waals surface area contributed by atoms with E-state index in [-0.39, 0.29) is 24.5 Å². The van der Waals surface area contributed by atoms with Gasteiger partial charge < -0.3 is 29.0 Å². The maximum atomic E-state index is 12.3. The first-order valence-corrected chi connectivity index (χ1v) is 14.4. The molecule has 230 valence electrons. The molecule has 1 aliphatic heterocycles. The Labute approximate surface area is 257 Å². The second-order valence-corrected chi connectivity index (χ2v) is 10.9. The molecule has 1 saturated heterocycles. The Balaban J connectivity index is 1.52. The van der Waals surface area contributed by atoms with Crippen LogP contribution in [-0.4, -0.2) is 73.0 Å². The Hall–Kier alpha value is -4.51. The van der Waals surface area contributed by atoms with Gasteiger partial charge in [-0.2, -0.15) is 4.98 Å². The van der Waals surface area contributed by atoms with E-state index in [1.807, 2.05) is 93.0 Å². The number of aliphatic hydroxyl groups is 1. The second-order valence-electron chi connectivity index (χ2n) is 10.9. The molecule has 1 N–H and O–H groups in total. The third-order valence-electron chi connectivity index (χ3n) is 7.66. The lowest BCUT2D eigenvalue weighted by atomic mass is 9.80. The molecule has 1 aliphatic rings. The minimum absolute atomic E-state index is 0.0630. The predicted octanol–water partition coefficient (Wildman–Crippen LogP) is 4.45. The number of aliphatic hydroxyl groups excluding tert-OH is 1. The summed E-state index contributed by atoms with van der Waals surface area (Å²) in [4.78, 5) is 22.6. The van der Waals surface area contributed by atoms with Crippen molar-refractivity contribution >= 4 is 12.3 Å². The highest BCUT2D eigenvalue weighted by molar-refractivity contribution is 5.58. The average Bonchev–Trinajstić information content (AvgIpc) is 3.42. The van der Waals surface area contributed by atoms with Crippen LogP contribution in [0.1, 0.15) is 34.9 Å². The van der Waals surface area contributed by atoms with Crippen LogP contribution in [0.15, 0.2) is 94.8 Å². The fourth-order valence-electron chi connectivity index (χ4n) is 5.35. The SMILES string of the molecule is COc1ccc(C(OC[C@H]2O[C@@H](n3cc(C)c(=O)nc3/N=C/N(C)C)C[C@@H]2O)(c2ccccc2)c2ccc(OC)cc2)cc1. The lowest BCUT2D eigenvalue weighted by Gasteiger charge is -2.37. The Kier molecular flexibility index (Phi) is 9.43. The van der Waals surface area contributed by atoms with E-state index in [9.17, 15) is 9.90 Å². The maximum absolute atomic E-state index is 12.3. The van der Waals surface area contributed by atoms with Crippen LogP contribution < -0.4 is 15.0 Å². The first-order chi connectivity index (χ1) is 21.2. The van der Waals surface area contributed by atoms with Crippen molar-refractivity contribution in [1.82, 2.24) is 14.5 Å². The third-order valence-corrected chi connectivity index (χ3v) is 7.66. The van der Waals surface area contributed by atoms with E-state index < -0.39 is 24.0 Å². The molecule has 1 fully saturated rings. The first-order valence-electron chi connectivity index (χ1n) is 14.4. The second kappa shape index (κ2) is 13.4. The number of aromatic nitrogens is 2. The minimum atomic E-state index is -1.06. The van der Waals surface area contributed by atoms with Crippen molar-refractivity contribution in [3.63, 3.8) is 0 Å². The molecule has 0 bridgehead atoms. The molecule has 5 rings (SSSR count). The van der Waals surface area contributed by atoms with Gasteiger partial charge in [0.2, 0.25) is 5.95 Å². The summed E-state index contributed by atoms with van der Waals surface area (Å²) >= 11 is 0. The normalized spacial score (nSPS) is 18.5. The van der Waals surface area contributed by atoms with Crippen molar-refractivity contribution in [2.24, 2.45) is 4.99 Å². The van der Waals surface area contributed by atoms with Crippen LogP contribution in [0.25, 0.3) is 0 Å². The van der Waals surface area contributed by atoms with Crippen molar-refractivity contribution in [2.75, 3.05) is 34.9 Å². The Morgan fingerprint density at radius 2 is 1.55 bits per heavy atom. The van der Waals surface area contributed by atoms with Gasteiger partial charge in [0, 0.05) is 32.3 Å². The Bertz CT molecular complexity index is 1570.